The van der Waals surface area contributed by atoms with Gasteiger partial charge in [0.25, 0.3) is 0 Å². The van der Waals surface area contributed by atoms with Crippen molar-refractivity contribution in [2.45, 2.75) is 26.0 Å². The maximum Gasteiger partial charge on any atom is 0.129 e. The number of aliphatic hydroxyl groups is 1. The molecular weight excluding hydrogens is 166 g/mol. The summed E-state index contributed by atoms with van der Waals surface area (Å²) in [6.45, 7) is 5.62. The van der Waals surface area contributed by atoms with Crippen LogP contribution in [0.5, 0.6) is 0 Å². The first-order chi connectivity index (χ1) is 6.13. The minimum absolute atomic E-state index is 0.0835. The van der Waals surface area contributed by atoms with E-state index in [1.807, 2.05) is 6.92 Å². The molecule has 0 fully saturated rings. The molecule has 0 unspecified atom stereocenters. The molecule has 1 aromatic rings. The normalized spacial score (nSPS) is 12.8. The van der Waals surface area contributed by atoms with E-state index in [1.54, 1.807) is 12.1 Å². The van der Waals surface area contributed by atoms with Crippen LogP contribution in [-0.4, -0.2) is 5.11 Å². The molecule has 0 amide bonds. The molecule has 3 N–H and O–H groups in total. The zero-order valence-electron chi connectivity index (χ0n) is 7.79. The highest BCUT2D eigenvalue weighted by Crippen LogP contribution is 2.19. The maximum atomic E-state index is 8.76. The van der Waals surface area contributed by atoms with Crippen molar-refractivity contribution in [3.05, 3.63) is 35.8 Å². The van der Waals surface area contributed by atoms with Gasteiger partial charge in [0.15, 0.2) is 0 Å². The van der Waals surface area contributed by atoms with Crippen LogP contribution in [0.15, 0.2) is 28.7 Å². The summed E-state index contributed by atoms with van der Waals surface area (Å²) >= 11 is 0. The van der Waals surface area contributed by atoms with E-state index in [0.717, 1.165) is 5.57 Å². The molecule has 3 nitrogen and oxygen atoms in total. The lowest BCUT2D eigenvalue weighted by Gasteiger charge is -2.07. The Labute approximate surface area is 77.9 Å². The Balaban J connectivity index is 2.65. The van der Waals surface area contributed by atoms with Crippen molar-refractivity contribution >= 4 is 0 Å². The highest BCUT2D eigenvalue weighted by Gasteiger charge is 2.10. The molecule has 0 spiro atoms. The number of aliphatic hydroxyl groups excluding tert-OH is 1. The van der Waals surface area contributed by atoms with Crippen molar-refractivity contribution in [2.75, 3.05) is 0 Å². The van der Waals surface area contributed by atoms with Crippen LogP contribution in [-0.2, 0) is 6.61 Å². The van der Waals surface area contributed by atoms with Gasteiger partial charge < -0.3 is 15.3 Å². The van der Waals surface area contributed by atoms with Crippen LogP contribution in [0.2, 0.25) is 0 Å². The van der Waals surface area contributed by atoms with Gasteiger partial charge in [-0.15, -0.1) is 6.58 Å². The molecule has 0 saturated carbocycles. The third kappa shape index (κ3) is 2.72. The number of furan rings is 1. The highest BCUT2D eigenvalue weighted by molar-refractivity contribution is 5.12. The van der Waals surface area contributed by atoms with E-state index in [4.69, 9.17) is 15.3 Å². The number of rotatable bonds is 4. The Hall–Kier alpha value is -1.06. The molecule has 0 radical (unpaired) electrons. The molecule has 0 aliphatic heterocycles. The predicted molar refractivity (Wildman–Crippen MR) is 51.0 cm³/mol. The molecule has 1 atom stereocenters. The van der Waals surface area contributed by atoms with E-state index in [2.05, 4.69) is 6.58 Å². The van der Waals surface area contributed by atoms with Crippen molar-refractivity contribution < 1.29 is 9.52 Å². The average molecular weight is 181 g/mol. The van der Waals surface area contributed by atoms with Crippen molar-refractivity contribution in [1.82, 2.24) is 0 Å². The minimum Gasteiger partial charge on any atom is -0.462 e. The third-order valence-electron chi connectivity index (χ3n) is 1.77. The molecule has 0 aliphatic carbocycles. The molecule has 0 aromatic carbocycles. The van der Waals surface area contributed by atoms with Crippen LogP contribution in [0.3, 0.4) is 0 Å². The van der Waals surface area contributed by atoms with Crippen LogP contribution in [0.1, 0.15) is 30.9 Å². The Kier molecular flexibility index (Phi) is 3.28. The zero-order chi connectivity index (χ0) is 9.84. The second-order valence-electron chi connectivity index (χ2n) is 3.23. The first kappa shape index (κ1) is 10.0. The number of nitrogens with two attached hydrogens (primary N) is 1. The highest BCUT2D eigenvalue weighted by atomic mass is 16.4. The van der Waals surface area contributed by atoms with Gasteiger partial charge in [-0.25, -0.2) is 0 Å². The van der Waals surface area contributed by atoms with Gasteiger partial charge in [-0.3, -0.25) is 0 Å². The van der Waals surface area contributed by atoms with Crippen LogP contribution in [0, 0.1) is 0 Å². The Morgan fingerprint density at radius 1 is 1.69 bits per heavy atom. The molecule has 1 aromatic heterocycles. The van der Waals surface area contributed by atoms with E-state index in [9.17, 15) is 0 Å². The number of hydrogen-bond acceptors (Lipinski definition) is 3. The lowest BCUT2D eigenvalue weighted by atomic mass is 10.1. The lowest BCUT2D eigenvalue weighted by Crippen LogP contribution is -2.09. The topological polar surface area (TPSA) is 59.4 Å². The van der Waals surface area contributed by atoms with E-state index in [0.29, 0.717) is 17.9 Å². The quantitative estimate of drug-likeness (QED) is 0.695. The first-order valence-electron chi connectivity index (χ1n) is 4.23. The van der Waals surface area contributed by atoms with Gasteiger partial charge in [0.05, 0.1) is 6.04 Å². The van der Waals surface area contributed by atoms with Gasteiger partial charge in [-0.2, -0.15) is 0 Å². The minimum atomic E-state index is -0.155. The lowest BCUT2D eigenvalue weighted by molar-refractivity contribution is 0.241. The van der Waals surface area contributed by atoms with E-state index >= 15 is 0 Å². The molecule has 1 heterocycles. The van der Waals surface area contributed by atoms with Gasteiger partial charge in [-0.1, -0.05) is 5.57 Å². The fourth-order valence-corrected chi connectivity index (χ4v) is 1.15. The number of hydrogen-bond donors (Lipinski definition) is 2. The van der Waals surface area contributed by atoms with Crippen LogP contribution in [0.4, 0.5) is 0 Å². The maximum absolute atomic E-state index is 8.76. The summed E-state index contributed by atoms with van der Waals surface area (Å²) in [5.41, 5.74) is 6.85. The molecular formula is C10H15NO2. The van der Waals surface area contributed by atoms with Gasteiger partial charge in [0.1, 0.15) is 18.1 Å². The summed E-state index contributed by atoms with van der Waals surface area (Å²) in [6, 6.07) is 3.37. The molecule has 0 bridgehead atoms. The SMILES string of the molecule is C=C(C)C[C@H](N)c1ccc(CO)o1. The molecule has 3 heteroatoms. The average Bonchev–Trinajstić information content (AvgIpc) is 2.50. The smallest absolute Gasteiger partial charge is 0.129 e. The van der Waals surface area contributed by atoms with E-state index in [1.165, 1.54) is 0 Å². The summed E-state index contributed by atoms with van der Waals surface area (Å²) < 4.78 is 5.28. The monoisotopic (exact) mass is 181 g/mol. The Bertz CT molecular complexity index is 291. The summed E-state index contributed by atoms with van der Waals surface area (Å²) in [6.07, 6.45) is 0.707. The van der Waals surface area contributed by atoms with Gasteiger partial charge in [-0.05, 0) is 25.5 Å². The van der Waals surface area contributed by atoms with Crippen LogP contribution >= 0.6 is 0 Å². The summed E-state index contributed by atoms with van der Waals surface area (Å²) in [5.74, 6) is 1.25. The van der Waals surface area contributed by atoms with Crippen molar-refractivity contribution in [3.63, 3.8) is 0 Å². The first-order valence-corrected chi connectivity index (χ1v) is 4.23. The standard InChI is InChI=1S/C10H15NO2/c1-7(2)5-9(11)10-4-3-8(6-12)13-10/h3-4,9,12H,1,5-6,11H2,2H3/t9-/m0/s1. The van der Waals surface area contributed by atoms with E-state index in [-0.39, 0.29) is 12.6 Å². The predicted octanol–water partition coefficient (Wildman–Crippen LogP) is 1.74. The Morgan fingerprint density at radius 3 is 2.85 bits per heavy atom. The second-order valence-corrected chi connectivity index (χ2v) is 3.23. The summed E-state index contributed by atoms with van der Waals surface area (Å²) in [7, 11) is 0. The molecule has 0 saturated heterocycles. The summed E-state index contributed by atoms with van der Waals surface area (Å²) in [5, 5.41) is 8.76. The Morgan fingerprint density at radius 2 is 2.38 bits per heavy atom. The van der Waals surface area contributed by atoms with Crippen LogP contribution < -0.4 is 5.73 Å². The van der Waals surface area contributed by atoms with E-state index < -0.39 is 0 Å². The van der Waals surface area contributed by atoms with Crippen molar-refractivity contribution in [3.8, 4) is 0 Å². The van der Waals surface area contributed by atoms with Crippen molar-refractivity contribution in [2.24, 2.45) is 5.73 Å². The van der Waals surface area contributed by atoms with Crippen molar-refractivity contribution in [1.29, 1.82) is 0 Å². The largest absolute Gasteiger partial charge is 0.462 e. The van der Waals surface area contributed by atoms with Gasteiger partial charge >= 0.3 is 0 Å². The van der Waals surface area contributed by atoms with Gasteiger partial charge in [0.2, 0.25) is 0 Å². The zero-order valence-corrected chi connectivity index (χ0v) is 7.79. The molecule has 13 heavy (non-hydrogen) atoms. The molecule has 0 aliphatic rings. The molecule has 72 valence electrons. The second kappa shape index (κ2) is 4.25. The summed E-state index contributed by atoms with van der Waals surface area (Å²) in [4.78, 5) is 0. The van der Waals surface area contributed by atoms with Gasteiger partial charge in [0, 0.05) is 0 Å². The molecule has 1 rings (SSSR count). The fourth-order valence-electron chi connectivity index (χ4n) is 1.15. The fraction of sp³-hybridized carbons (Fsp3) is 0.400. The third-order valence-corrected chi connectivity index (χ3v) is 1.77. The van der Waals surface area contributed by atoms with Crippen LogP contribution in [0.25, 0.3) is 0 Å².